The molecule has 7 nitrogen and oxygen atoms in total. The van der Waals surface area contributed by atoms with E-state index in [0.717, 1.165) is 5.69 Å². The summed E-state index contributed by atoms with van der Waals surface area (Å²) < 4.78 is 28.6. The number of carbonyl (C=O) groups is 1. The normalized spacial score (nSPS) is 18.3. The maximum atomic E-state index is 12.5. The second-order valence-electron chi connectivity index (χ2n) is 6.22. The molecular formula is C18H21N3O4S. The minimum Gasteiger partial charge on any atom is -0.495 e. The Balaban J connectivity index is 1.77. The number of anilines is 2. The fraction of sp³-hybridized carbons (Fsp3) is 0.333. The summed E-state index contributed by atoms with van der Waals surface area (Å²) in [6.45, 7) is 0. The standard InChI is InChI=1S/C18H21N3O4S/c1-21(14-8-10-26(23,24)12-14)13-7-9-19-16(11-13)18(22)20-15-5-3-4-6-17(15)25-2/h3-7,9,11,14H,8,10,12H2,1-2H3,(H,20,22). The maximum absolute atomic E-state index is 12.5. The molecule has 1 atom stereocenters. The number of sulfone groups is 1. The van der Waals surface area contributed by atoms with Crippen molar-refractivity contribution in [3.63, 3.8) is 0 Å². The lowest BCUT2D eigenvalue weighted by Gasteiger charge is -2.25. The lowest BCUT2D eigenvalue weighted by atomic mass is 10.2. The first kappa shape index (κ1) is 18.2. The molecule has 26 heavy (non-hydrogen) atoms. The van der Waals surface area contributed by atoms with Crippen molar-refractivity contribution in [2.75, 3.05) is 35.9 Å². The quantitative estimate of drug-likeness (QED) is 0.859. The minimum absolute atomic E-state index is 0.0903. The zero-order valence-electron chi connectivity index (χ0n) is 14.7. The van der Waals surface area contributed by atoms with Gasteiger partial charge in [-0.1, -0.05) is 12.1 Å². The van der Waals surface area contributed by atoms with Crippen molar-refractivity contribution in [2.45, 2.75) is 12.5 Å². The van der Waals surface area contributed by atoms with E-state index in [4.69, 9.17) is 4.74 Å². The number of nitrogens with zero attached hydrogens (tertiary/aromatic N) is 2. The second-order valence-corrected chi connectivity index (χ2v) is 8.45. The average molecular weight is 375 g/mol. The molecule has 1 aliphatic rings. The Hall–Kier alpha value is -2.61. The Kier molecular flexibility index (Phi) is 5.13. The van der Waals surface area contributed by atoms with Gasteiger partial charge in [-0.25, -0.2) is 8.42 Å². The summed E-state index contributed by atoms with van der Waals surface area (Å²) in [6.07, 6.45) is 2.14. The van der Waals surface area contributed by atoms with E-state index in [2.05, 4.69) is 10.3 Å². The molecule has 1 N–H and O–H groups in total. The third-order valence-electron chi connectivity index (χ3n) is 4.49. The van der Waals surface area contributed by atoms with Gasteiger partial charge in [0.05, 0.1) is 24.3 Å². The molecule has 1 saturated heterocycles. The van der Waals surface area contributed by atoms with Gasteiger partial charge in [0.2, 0.25) is 0 Å². The van der Waals surface area contributed by atoms with Gasteiger partial charge >= 0.3 is 0 Å². The van der Waals surface area contributed by atoms with E-state index in [9.17, 15) is 13.2 Å². The van der Waals surface area contributed by atoms with Gasteiger partial charge in [-0.05, 0) is 30.7 Å². The third-order valence-corrected chi connectivity index (χ3v) is 6.25. The fourth-order valence-electron chi connectivity index (χ4n) is 2.99. The molecule has 1 aromatic heterocycles. The van der Waals surface area contributed by atoms with Crippen molar-refractivity contribution >= 4 is 27.1 Å². The molecular weight excluding hydrogens is 354 g/mol. The number of aromatic nitrogens is 1. The van der Waals surface area contributed by atoms with Gasteiger partial charge in [0.1, 0.15) is 11.4 Å². The Morgan fingerprint density at radius 1 is 1.31 bits per heavy atom. The highest BCUT2D eigenvalue weighted by atomic mass is 32.2. The molecule has 1 fully saturated rings. The number of carbonyl (C=O) groups excluding carboxylic acids is 1. The maximum Gasteiger partial charge on any atom is 0.274 e. The zero-order valence-corrected chi connectivity index (χ0v) is 15.5. The van der Waals surface area contributed by atoms with E-state index < -0.39 is 9.84 Å². The third kappa shape index (κ3) is 3.96. The molecule has 0 aliphatic carbocycles. The SMILES string of the molecule is COc1ccccc1NC(=O)c1cc(N(C)C2CCS(=O)(=O)C2)ccn1. The molecule has 1 aromatic carbocycles. The van der Waals surface area contributed by atoms with Crippen molar-refractivity contribution in [1.82, 2.24) is 4.98 Å². The minimum atomic E-state index is -2.97. The van der Waals surface area contributed by atoms with Crippen LogP contribution in [0.5, 0.6) is 5.75 Å². The van der Waals surface area contributed by atoms with E-state index in [-0.39, 0.29) is 29.1 Å². The van der Waals surface area contributed by atoms with Crippen molar-refractivity contribution in [2.24, 2.45) is 0 Å². The van der Waals surface area contributed by atoms with Gasteiger partial charge < -0.3 is 15.0 Å². The number of ether oxygens (including phenoxy) is 1. The van der Waals surface area contributed by atoms with Gasteiger partial charge in [0, 0.05) is 25.0 Å². The van der Waals surface area contributed by atoms with Crippen LogP contribution in [-0.2, 0) is 9.84 Å². The fourth-order valence-corrected chi connectivity index (χ4v) is 4.76. The molecule has 8 heteroatoms. The smallest absolute Gasteiger partial charge is 0.274 e. The van der Waals surface area contributed by atoms with Crippen molar-refractivity contribution in [1.29, 1.82) is 0 Å². The monoisotopic (exact) mass is 375 g/mol. The van der Waals surface area contributed by atoms with Crippen LogP contribution in [0.15, 0.2) is 42.6 Å². The van der Waals surface area contributed by atoms with Crippen LogP contribution in [0, 0.1) is 0 Å². The van der Waals surface area contributed by atoms with E-state index in [1.54, 1.807) is 36.5 Å². The van der Waals surface area contributed by atoms with E-state index in [1.165, 1.54) is 7.11 Å². The number of para-hydroxylation sites is 2. The molecule has 138 valence electrons. The number of rotatable bonds is 5. The average Bonchev–Trinajstić information content (AvgIpc) is 3.01. The van der Waals surface area contributed by atoms with Crippen LogP contribution in [0.4, 0.5) is 11.4 Å². The summed E-state index contributed by atoms with van der Waals surface area (Å²) in [7, 11) is 0.398. The van der Waals surface area contributed by atoms with Crippen LogP contribution in [0.3, 0.4) is 0 Å². The van der Waals surface area contributed by atoms with Gasteiger partial charge in [-0.3, -0.25) is 9.78 Å². The second kappa shape index (κ2) is 7.33. The summed E-state index contributed by atoms with van der Waals surface area (Å²) in [5, 5.41) is 2.79. The molecule has 2 aromatic rings. The van der Waals surface area contributed by atoms with E-state index >= 15 is 0 Å². The zero-order chi connectivity index (χ0) is 18.7. The molecule has 1 amide bonds. The highest BCUT2D eigenvalue weighted by Gasteiger charge is 2.31. The predicted octanol–water partition coefficient (Wildman–Crippen LogP) is 1.97. The largest absolute Gasteiger partial charge is 0.495 e. The van der Waals surface area contributed by atoms with E-state index in [0.29, 0.717) is 17.9 Å². The lowest BCUT2D eigenvalue weighted by Crippen LogP contribution is -2.32. The van der Waals surface area contributed by atoms with Crippen LogP contribution in [0.2, 0.25) is 0 Å². The predicted molar refractivity (Wildman–Crippen MR) is 101 cm³/mol. The number of methoxy groups -OCH3 is 1. The molecule has 0 spiro atoms. The van der Waals surface area contributed by atoms with Gasteiger partial charge in [-0.2, -0.15) is 0 Å². The molecule has 1 aliphatic heterocycles. The number of amides is 1. The lowest BCUT2D eigenvalue weighted by molar-refractivity contribution is 0.102. The van der Waals surface area contributed by atoms with Crippen LogP contribution in [0.1, 0.15) is 16.9 Å². The molecule has 0 radical (unpaired) electrons. The molecule has 2 heterocycles. The van der Waals surface area contributed by atoms with Crippen LogP contribution in [0.25, 0.3) is 0 Å². The van der Waals surface area contributed by atoms with E-state index in [1.807, 2.05) is 18.0 Å². The molecule has 0 bridgehead atoms. The Morgan fingerprint density at radius 2 is 2.08 bits per heavy atom. The Labute approximate surface area is 152 Å². The van der Waals surface area contributed by atoms with Gasteiger partial charge in [0.25, 0.3) is 5.91 Å². The van der Waals surface area contributed by atoms with Crippen LogP contribution in [-0.4, -0.2) is 51.0 Å². The first-order valence-corrected chi connectivity index (χ1v) is 10.1. The molecule has 1 unspecified atom stereocenters. The summed E-state index contributed by atoms with van der Waals surface area (Å²) in [4.78, 5) is 18.6. The first-order chi connectivity index (χ1) is 12.4. The van der Waals surface area contributed by atoms with Crippen molar-refractivity contribution in [3.05, 3.63) is 48.3 Å². The Morgan fingerprint density at radius 3 is 2.77 bits per heavy atom. The Bertz CT molecular complexity index is 914. The highest BCUT2D eigenvalue weighted by Crippen LogP contribution is 2.25. The number of benzene rings is 1. The van der Waals surface area contributed by atoms with Crippen molar-refractivity contribution in [3.8, 4) is 5.75 Å². The van der Waals surface area contributed by atoms with Gasteiger partial charge in [-0.15, -0.1) is 0 Å². The summed E-state index contributed by atoms with van der Waals surface area (Å²) in [5.74, 6) is 0.539. The van der Waals surface area contributed by atoms with Crippen LogP contribution >= 0.6 is 0 Å². The molecule has 3 rings (SSSR count). The number of hydrogen-bond donors (Lipinski definition) is 1. The van der Waals surface area contributed by atoms with Crippen molar-refractivity contribution < 1.29 is 17.9 Å². The van der Waals surface area contributed by atoms with Gasteiger partial charge in [0.15, 0.2) is 9.84 Å². The summed E-state index contributed by atoms with van der Waals surface area (Å²) in [6, 6.07) is 10.5. The topological polar surface area (TPSA) is 88.6 Å². The summed E-state index contributed by atoms with van der Waals surface area (Å²) in [5.41, 5.74) is 1.57. The number of nitrogens with one attached hydrogen (secondary N) is 1. The van der Waals surface area contributed by atoms with Crippen LogP contribution < -0.4 is 15.0 Å². The molecule has 0 saturated carbocycles. The first-order valence-electron chi connectivity index (χ1n) is 8.23. The highest BCUT2D eigenvalue weighted by molar-refractivity contribution is 7.91. The number of hydrogen-bond acceptors (Lipinski definition) is 6. The summed E-state index contributed by atoms with van der Waals surface area (Å²) >= 11 is 0. The number of pyridine rings is 1.